The van der Waals surface area contributed by atoms with E-state index in [0.717, 1.165) is 5.82 Å². The van der Waals surface area contributed by atoms with Crippen molar-refractivity contribution in [2.75, 3.05) is 0 Å². The Morgan fingerprint density at radius 2 is 2.31 bits per heavy atom. The van der Waals surface area contributed by atoms with E-state index >= 15 is 0 Å². The molecule has 0 saturated carbocycles. The normalized spacial score (nSPS) is 10.3. The molecule has 0 aliphatic carbocycles. The van der Waals surface area contributed by atoms with Gasteiger partial charge in [-0.1, -0.05) is 0 Å². The van der Waals surface area contributed by atoms with Crippen LogP contribution in [0, 0.1) is 6.92 Å². The summed E-state index contributed by atoms with van der Waals surface area (Å²) < 4.78 is 1.83. The Morgan fingerprint density at radius 1 is 1.50 bits per heavy atom. The molecule has 82 valence electrons. The monoisotopic (exact) mass is 218 g/mol. The zero-order chi connectivity index (χ0) is 11.5. The minimum atomic E-state index is -1.02. The van der Waals surface area contributed by atoms with Gasteiger partial charge in [-0.25, -0.2) is 19.7 Å². The molecule has 2 aromatic rings. The Hall–Kier alpha value is -2.24. The van der Waals surface area contributed by atoms with Gasteiger partial charge in [0.1, 0.15) is 17.7 Å². The lowest BCUT2D eigenvalue weighted by atomic mass is 10.2. The molecule has 0 amide bonds. The minimum Gasteiger partial charge on any atom is -0.478 e. The van der Waals surface area contributed by atoms with Crippen LogP contribution in [0.1, 0.15) is 21.9 Å². The van der Waals surface area contributed by atoms with Crippen molar-refractivity contribution in [1.82, 2.24) is 19.5 Å². The van der Waals surface area contributed by atoms with Gasteiger partial charge in [-0.2, -0.15) is 0 Å². The maximum absolute atomic E-state index is 10.9. The van der Waals surface area contributed by atoms with Crippen LogP contribution in [0.15, 0.2) is 24.9 Å². The predicted octanol–water partition coefficient (Wildman–Crippen LogP) is 0.728. The molecule has 0 aliphatic heterocycles. The number of carboxylic acid groups (broad SMARTS) is 1. The van der Waals surface area contributed by atoms with E-state index in [2.05, 4.69) is 15.0 Å². The van der Waals surface area contributed by atoms with Crippen LogP contribution in [0.2, 0.25) is 0 Å². The molecule has 0 radical (unpaired) electrons. The molecule has 2 heterocycles. The summed E-state index contributed by atoms with van der Waals surface area (Å²) in [5.41, 5.74) is 0.596. The molecule has 0 bridgehead atoms. The average Bonchev–Trinajstić information content (AvgIpc) is 2.65. The van der Waals surface area contributed by atoms with Crippen LogP contribution in [-0.4, -0.2) is 30.6 Å². The van der Waals surface area contributed by atoms with Crippen LogP contribution in [0.5, 0.6) is 0 Å². The number of hydrogen-bond donors (Lipinski definition) is 1. The molecule has 0 aliphatic rings. The van der Waals surface area contributed by atoms with Gasteiger partial charge in [0.15, 0.2) is 0 Å². The topological polar surface area (TPSA) is 80.9 Å². The highest BCUT2D eigenvalue weighted by Crippen LogP contribution is 2.07. The third-order valence-electron chi connectivity index (χ3n) is 2.27. The third-order valence-corrected chi connectivity index (χ3v) is 2.27. The largest absolute Gasteiger partial charge is 0.478 e. The standard InChI is InChI=1S/C10H10N4O2/c1-7-12-2-3-14(7)5-9-8(10(15)16)4-11-6-13-9/h2-4,6H,5H2,1H3,(H,15,16). The van der Waals surface area contributed by atoms with E-state index in [4.69, 9.17) is 5.11 Å². The zero-order valence-corrected chi connectivity index (χ0v) is 8.66. The Balaban J connectivity index is 2.35. The predicted molar refractivity (Wildman–Crippen MR) is 55.1 cm³/mol. The van der Waals surface area contributed by atoms with E-state index in [-0.39, 0.29) is 5.56 Å². The van der Waals surface area contributed by atoms with Gasteiger partial charge in [0.25, 0.3) is 0 Å². The van der Waals surface area contributed by atoms with Gasteiger partial charge in [0, 0.05) is 18.6 Å². The number of aromatic nitrogens is 4. The molecule has 1 N–H and O–H groups in total. The molecule has 2 rings (SSSR count). The second-order valence-corrected chi connectivity index (χ2v) is 3.29. The fraction of sp³-hybridized carbons (Fsp3) is 0.200. The van der Waals surface area contributed by atoms with Gasteiger partial charge in [-0.05, 0) is 6.92 Å². The van der Waals surface area contributed by atoms with Gasteiger partial charge in [-0.3, -0.25) is 0 Å². The molecule has 2 aromatic heterocycles. The molecule has 0 fully saturated rings. The lowest BCUT2D eigenvalue weighted by Gasteiger charge is -2.06. The first-order valence-corrected chi connectivity index (χ1v) is 4.68. The number of aryl methyl sites for hydroxylation is 1. The van der Waals surface area contributed by atoms with Crippen molar-refractivity contribution in [3.63, 3.8) is 0 Å². The van der Waals surface area contributed by atoms with E-state index in [0.29, 0.717) is 12.2 Å². The van der Waals surface area contributed by atoms with Crippen LogP contribution in [0.4, 0.5) is 0 Å². The minimum absolute atomic E-state index is 0.121. The van der Waals surface area contributed by atoms with Crippen LogP contribution in [-0.2, 0) is 6.54 Å². The Morgan fingerprint density at radius 3 is 2.94 bits per heavy atom. The number of carboxylic acids is 1. The summed E-state index contributed by atoms with van der Waals surface area (Å²) in [5, 5.41) is 8.96. The van der Waals surface area contributed by atoms with Crippen molar-refractivity contribution in [2.45, 2.75) is 13.5 Å². The first kappa shape index (κ1) is 10.3. The molecular weight excluding hydrogens is 208 g/mol. The molecular formula is C10H10N4O2. The van der Waals surface area contributed by atoms with Gasteiger partial charge in [0.2, 0.25) is 0 Å². The maximum atomic E-state index is 10.9. The number of imidazole rings is 1. The molecule has 6 heteroatoms. The highest BCUT2D eigenvalue weighted by Gasteiger charge is 2.12. The Labute approximate surface area is 91.6 Å². The average molecular weight is 218 g/mol. The summed E-state index contributed by atoms with van der Waals surface area (Å²) in [6.45, 7) is 2.23. The first-order chi connectivity index (χ1) is 7.68. The molecule has 16 heavy (non-hydrogen) atoms. The summed E-state index contributed by atoms with van der Waals surface area (Å²) in [6.07, 6.45) is 6.09. The summed E-state index contributed by atoms with van der Waals surface area (Å²) >= 11 is 0. The molecule has 0 saturated heterocycles. The molecule has 0 atom stereocenters. The third kappa shape index (κ3) is 1.90. The highest BCUT2D eigenvalue weighted by atomic mass is 16.4. The number of aromatic carboxylic acids is 1. The Kier molecular flexibility index (Phi) is 2.63. The number of rotatable bonds is 3. The smallest absolute Gasteiger partial charge is 0.339 e. The van der Waals surface area contributed by atoms with Crippen LogP contribution in [0.25, 0.3) is 0 Å². The van der Waals surface area contributed by atoms with Crippen molar-refractivity contribution in [3.8, 4) is 0 Å². The van der Waals surface area contributed by atoms with Crippen molar-refractivity contribution >= 4 is 5.97 Å². The number of nitrogens with zero attached hydrogens (tertiary/aromatic N) is 4. The second-order valence-electron chi connectivity index (χ2n) is 3.29. The van der Waals surface area contributed by atoms with E-state index in [1.54, 1.807) is 12.4 Å². The van der Waals surface area contributed by atoms with Crippen LogP contribution >= 0.6 is 0 Å². The molecule has 0 unspecified atom stereocenters. The lowest BCUT2D eigenvalue weighted by Crippen LogP contribution is -2.10. The summed E-state index contributed by atoms with van der Waals surface area (Å²) in [6, 6.07) is 0. The number of hydrogen-bond acceptors (Lipinski definition) is 4. The van der Waals surface area contributed by atoms with E-state index < -0.39 is 5.97 Å². The summed E-state index contributed by atoms with van der Waals surface area (Å²) in [4.78, 5) is 22.7. The SMILES string of the molecule is Cc1nccn1Cc1ncncc1C(=O)O. The van der Waals surface area contributed by atoms with Crippen molar-refractivity contribution in [2.24, 2.45) is 0 Å². The summed E-state index contributed by atoms with van der Waals surface area (Å²) in [5.74, 6) is -0.205. The van der Waals surface area contributed by atoms with E-state index in [1.165, 1.54) is 12.5 Å². The van der Waals surface area contributed by atoms with Gasteiger partial charge in [-0.15, -0.1) is 0 Å². The quantitative estimate of drug-likeness (QED) is 0.821. The second kappa shape index (κ2) is 4.09. The number of carbonyl (C=O) groups is 1. The zero-order valence-electron chi connectivity index (χ0n) is 8.66. The molecule has 6 nitrogen and oxygen atoms in total. The van der Waals surface area contributed by atoms with Crippen molar-refractivity contribution < 1.29 is 9.90 Å². The van der Waals surface area contributed by atoms with Crippen LogP contribution in [0.3, 0.4) is 0 Å². The highest BCUT2D eigenvalue weighted by molar-refractivity contribution is 5.88. The van der Waals surface area contributed by atoms with Crippen LogP contribution < -0.4 is 0 Å². The Bertz CT molecular complexity index is 521. The fourth-order valence-electron chi connectivity index (χ4n) is 1.39. The first-order valence-electron chi connectivity index (χ1n) is 4.68. The van der Waals surface area contributed by atoms with Crippen molar-refractivity contribution in [1.29, 1.82) is 0 Å². The lowest BCUT2D eigenvalue weighted by molar-refractivity contribution is 0.0694. The van der Waals surface area contributed by atoms with Gasteiger partial charge >= 0.3 is 5.97 Å². The maximum Gasteiger partial charge on any atom is 0.339 e. The van der Waals surface area contributed by atoms with E-state index in [9.17, 15) is 4.79 Å². The van der Waals surface area contributed by atoms with Crippen molar-refractivity contribution in [3.05, 3.63) is 42.0 Å². The van der Waals surface area contributed by atoms with Gasteiger partial charge in [0.05, 0.1) is 12.2 Å². The van der Waals surface area contributed by atoms with E-state index in [1.807, 2.05) is 11.5 Å². The molecule has 0 spiro atoms. The fourth-order valence-corrected chi connectivity index (χ4v) is 1.39. The molecule has 0 aromatic carbocycles. The summed E-state index contributed by atoms with van der Waals surface area (Å²) in [7, 11) is 0. The van der Waals surface area contributed by atoms with Gasteiger partial charge < -0.3 is 9.67 Å².